The monoisotopic (exact) mass is 354 g/mol. The number of pyridine rings is 1. The van der Waals surface area contributed by atoms with Gasteiger partial charge in [0.2, 0.25) is 5.91 Å². The molecule has 0 spiro atoms. The second kappa shape index (κ2) is 8.76. The molecular weight excluding hydrogens is 328 g/mol. The average molecular weight is 354 g/mol. The summed E-state index contributed by atoms with van der Waals surface area (Å²) < 4.78 is 0. The van der Waals surface area contributed by atoms with Crippen molar-refractivity contribution in [1.82, 2.24) is 20.1 Å². The molecule has 1 aliphatic rings. The second-order valence-corrected chi connectivity index (χ2v) is 6.66. The van der Waals surface area contributed by atoms with Gasteiger partial charge < -0.3 is 10.2 Å². The van der Waals surface area contributed by atoms with Crippen LogP contribution in [0.2, 0.25) is 0 Å². The molecule has 0 radical (unpaired) electrons. The van der Waals surface area contributed by atoms with E-state index in [0.717, 1.165) is 30.3 Å². The van der Waals surface area contributed by atoms with Crippen molar-refractivity contribution in [2.45, 2.75) is 19.8 Å². The number of carbonyl (C=O) groups excluding carboxylic acids is 2. The highest BCUT2D eigenvalue weighted by molar-refractivity contribution is 5.95. The number of hydrogen-bond donors (Lipinski definition) is 1. The van der Waals surface area contributed by atoms with E-state index in [1.54, 1.807) is 6.07 Å². The van der Waals surface area contributed by atoms with Gasteiger partial charge in [0.05, 0.1) is 12.1 Å². The zero-order valence-electron chi connectivity index (χ0n) is 15.3. The number of benzene rings is 1. The highest BCUT2D eigenvalue weighted by Crippen LogP contribution is 2.14. The molecular formula is C20H26N4O2. The molecule has 6 nitrogen and oxygen atoms in total. The Balaban J connectivity index is 1.52. The van der Waals surface area contributed by atoms with E-state index in [0.29, 0.717) is 38.4 Å². The Bertz CT molecular complexity index is 769. The maximum absolute atomic E-state index is 12.7. The van der Waals surface area contributed by atoms with Crippen molar-refractivity contribution < 1.29 is 9.59 Å². The van der Waals surface area contributed by atoms with E-state index in [2.05, 4.69) is 22.1 Å². The number of aromatic nitrogens is 1. The van der Waals surface area contributed by atoms with Crippen LogP contribution in [-0.2, 0) is 4.79 Å². The van der Waals surface area contributed by atoms with E-state index < -0.39 is 0 Å². The van der Waals surface area contributed by atoms with Gasteiger partial charge in [-0.3, -0.25) is 14.5 Å². The third kappa shape index (κ3) is 4.58. The first-order valence-electron chi connectivity index (χ1n) is 9.31. The highest BCUT2D eigenvalue weighted by atomic mass is 16.2. The molecule has 6 heteroatoms. The number of hydrogen-bond acceptors (Lipinski definition) is 4. The normalized spacial score (nSPS) is 15.2. The van der Waals surface area contributed by atoms with E-state index in [1.165, 1.54) is 0 Å². The van der Waals surface area contributed by atoms with Gasteiger partial charge in [0, 0.05) is 38.1 Å². The molecule has 2 heterocycles. The van der Waals surface area contributed by atoms with Gasteiger partial charge in [0.25, 0.3) is 5.91 Å². The summed E-state index contributed by atoms with van der Waals surface area (Å²) in [6.07, 6.45) is 2.08. The van der Waals surface area contributed by atoms with Crippen LogP contribution in [0.4, 0.5) is 0 Å². The van der Waals surface area contributed by atoms with Crippen LogP contribution >= 0.6 is 0 Å². The summed E-state index contributed by atoms with van der Waals surface area (Å²) in [7, 11) is 0. The van der Waals surface area contributed by atoms with Crippen LogP contribution in [0, 0.1) is 0 Å². The largest absolute Gasteiger partial charge is 0.355 e. The summed E-state index contributed by atoms with van der Waals surface area (Å²) in [5, 5.41) is 3.97. The van der Waals surface area contributed by atoms with Crippen molar-refractivity contribution in [1.29, 1.82) is 0 Å². The SMILES string of the molecule is CCCCNC(=O)CN1CCN(C(=O)c2ccc3ccccc3n2)CC1. The van der Waals surface area contributed by atoms with Gasteiger partial charge in [-0.05, 0) is 18.6 Å². The minimum atomic E-state index is -0.0391. The fraction of sp³-hybridized carbons (Fsp3) is 0.450. The number of piperazine rings is 1. The lowest BCUT2D eigenvalue weighted by molar-refractivity contribution is -0.122. The standard InChI is InChI=1S/C20H26N4O2/c1-2-3-10-21-19(25)15-23-11-13-24(14-12-23)20(26)18-9-8-16-6-4-5-7-17(16)22-18/h4-9H,2-3,10-15H2,1H3,(H,21,25). The minimum absolute atomic E-state index is 0.0391. The van der Waals surface area contributed by atoms with Crippen LogP contribution in [0.25, 0.3) is 10.9 Å². The third-order valence-electron chi connectivity index (χ3n) is 4.70. The Hall–Kier alpha value is -2.47. The van der Waals surface area contributed by atoms with Crippen molar-refractivity contribution in [2.75, 3.05) is 39.3 Å². The van der Waals surface area contributed by atoms with Gasteiger partial charge in [0.1, 0.15) is 5.69 Å². The molecule has 138 valence electrons. The number of unbranched alkanes of at least 4 members (excludes halogenated alkanes) is 1. The fourth-order valence-corrected chi connectivity index (χ4v) is 3.12. The molecule has 1 aliphatic heterocycles. The van der Waals surface area contributed by atoms with E-state index in [1.807, 2.05) is 35.2 Å². The Morgan fingerprint density at radius 3 is 2.62 bits per heavy atom. The van der Waals surface area contributed by atoms with Gasteiger partial charge in [-0.2, -0.15) is 0 Å². The van der Waals surface area contributed by atoms with Crippen molar-refractivity contribution in [3.8, 4) is 0 Å². The maximum Gasteiger partial charge on any atom is 0.272 e. The predicted octanol–water partition coefficient (Wildman–Crippen LogP) is 1.91. The van der Waals surface area contributed by atoms with Crippen LogP contribution in [-0.4, -0.2) is 65.9 Å². The fourth-order valence-electron chi connectivity index (χ4n) is 3.12. The summed E-state index contributed by atoms with van der Waals surface area (Å²) in [4.78, 5) is 33.0. The number of nitrogens with one attached hydrogen (secondary N) is 1. The van der Waals surface area contributed by atoms with Crippen LogP contribution in [0.15, 0.2) is 36.4 Å². The average Bonchev–Trinajstić information content (AvgIpc) is 2.68. The zero-order chi connectivity index (χ0) is 18.4. The van der Waals surface area contributed by atoms with Crippen molar-refractivity contribution in [2.24, 2.45) is 0 Å². The van der Waals surface area contributed by atoms with Crippen molar-refractivity contribution in [3.05, 3.63) is 42.1 Å². The lowest BCUT2D eigenvalue weighted by Gasteiger charge is -2.34. The third-order valence-corrected chi connectivity index (χ3v) is 4.70. The number of fused-ring (bicyclic) bond motifs is 1. The molecule has 2 amide bonds. The number of amides is 2. The van der Waals surface area contributed by atoms with E-state index in [-0.39, 0.29) is 11.8 Å². The van der Waals surface area contributed by atoms with Gasteiger partial charge >= 0.3 is 0 Å². The molecule has 3 rings (SSSR count). The number of carbonyl (C=O) groups is 2. The zero-order valence-corrected chi connectivity index (χ0v) is 15.3. The molecule has 26 heavy (non-hydrogen) atoms. The first-order chi connectivity index (χ1) is 12.7. The Morgan fingerprint density at radius 1 is 1.08 bits per heavy atom. The lowest BCUT2D eigenvalue weighted by Crippen LogP contribution is -2.51. The van der Waals surface area contributed by atoms with Crippen molar-refractivity contribution >= 4 is 22.7 Å². The maximum atomic E-state index is 12.7. The van der Waals surface area contributed by atoms with Crippen molar-refractivity contribution in [3.63, 3.8) is 0 Å². The lowest BCUT2D eigenvalue weighted by atomic mass is 10.2. The van der Waals surface area contributed by atoms with E-state index in [9.17, 15) is 9.59 Å². The molecule has 1 aromatic carbocycles. The molecule has 0 unspecified atom stereocenters. The quantitative estimate of drug-likeness (QED) is 0.805. The van der Waals surface area contributed by atoms with Crippen LogP contribution in [0.1, 0.15) is 30.3 Å². The minimum Gasteiger partial charge on any atom is -0.355 e. The summed E-state index contributed by atoms with van der Waals surface area (Å²) in [5.41, 5.74) is 1.31. The summed E-state index contributed by atoms with van der Waals surface area (Å²) in [6, 6.07) is 11.5. The van der Waals surface area contributed by atoms with Gasteiger partial charge in [0.15, 0.2) is 0 Å². The molecule has 1 fully saturated rings. The van der Waals surface area contributed by atoms with Crippen LogP contribution in [0.3, 0.4) is 0 Å². The smallest absolute Gasteiger partial charge is 0.272 e. The molecule has 0 bridgehead atoms. The van der Waals surface area contributed by atoms with Gasteiger partial charge in [-0.15, -0.1) is 0 Å². The molecule has 0 saturated carbocycles. The van der Waals surface area contributed by atoms with E-state index >= 15 is 0 Å². The first-order valence-corrected chi connectivity index (χ1v) is 9.31. The van der Waals surface area contributed by atoms with Gasteiger partial charge in [-0.1, -0.05) is 37.6 Å². The molecule has 2 aromatic rings. The Kier molecular flexibility index (Phi) is 6.17. The van der Waals surface area contributed by atoms with Crippen LogP contribution in [0.5, 0.6) is 0 Å². The number of para-hydroxylation sites is 1. The molecule has 1 saturated heterocycles. The Labute approximate surface area is 154 Å². The topological polar surface area (TPSA) is 65.5 Å². The molecule has 1 N–H and O–H groups in total. The van der Waals surface area contributed by atoms with Gasteiger partial charge in [-0.25, -0.2) is 4.98 Å². The predicted molar refractivity (Wildman–Crippen MR) is 102 cm³/mol. The molecule has 1 aromatic heterocycles. The van der Waals surface area contributed by atoms with E-state index in [4.69, 9.17) is 0 Å². The van der Waals surface area contributed by atoms with Crippen LogP contribution < -0.4 is 5.32 Å². The summed E-state index contributed by atoms with van der Waals surface area (Å²) in [5.74, 6) is 0.0252. The number of rotatable bonds is 6. The highest BCUT2D eigenvalue weighted by Gasteiger charge is 2.24. The molecule has 0 aliphatic carbocycles. The second-order valence-electron chi connectivity index (χ2n) is 6.66. The number of nitrogens with zero attached hydrogens (tertiary/aromatic N) is 3. The summed E-state index contributed by atoms with van der Waals surface area (Å²) in [6.45, 7) is 5.90. The Morgan fingerprint density at radius 2 is 1.85 bits per heavy atom. The molecule has 0 atom stereocenters. The summed E-state index contributed by atoms with van der Waals surface area (Å²) >= 11 is 0. The first kappa shape index (κ1) is 18.3.